The molecule has 1 saturated carbocycles. The van der Waals surface area contributed by atoms with Gasteiger partial charge in [-0.3, -0.25) is 0 Å². The van der Waals surface area contributed by atoms with Gasteiger partial charge >= 0.3 is 0 Å². The molecule has 0 spiro atoms. The van der Waals surface area contributed by atoms with E-state index in [1.807, 2.05) is 0 Å². The van der Waals surface area contributed by atoms with E-state index in [4.69, 9.17) is 4.74 Å². The molecule has 2 atom stereocenters. The Bertz CT molecular complexity index is 291. The first-order valence-electron chi connectivity index (χ1n) is 9.18. The average Bonchev–Trinajstić information content (AvgIpc) is 2.37. The molecular formula is C19H37NO. The van der Waals surface area contributed by atoms with Gasteiger partial charge in [0.25, 0.3) is 0 Å². The average molecular weight is 296 g/mol. The zero-order valence-electron chi connectivity index (χ0n) is 15.0. The van der Waals surface area contributed by atoms with E-state index >= 15 is 0 Å². The Balaban J connectivity index is 1.62. The van der Waals surface area contributed by atoms with E-state index in [1.165, 1.54) is 45.2 Å². The van der Waals surface area contributed by atoms with E-state index in [9.17, 15) is 0 Å². The summed E-state index contributed by atoms with van der Waals surface area (Å²) in [4.78, 5) is 2.61. The summed E-state index contributed by atoms with van der Waals surface area (Å²) in [5, 5.41) is 0. The molecule has 0 aromatic rings. The second-order valence-electron chi connectivity index (χ2n) is 8.92. The summed E-state index contributed by atoms with van der Waals surface area (Å²) < 4.78 is 6.18. The zero-order valence-corrected chi connectivity index (χ0v) is 15.0. The molecule has 0 radical (unpaired) electrons. The van der Waals surface area contributed by atoms with Crippen LogP contribution in [0.4, 0.5) is 0 Å². The summed E-state index contributed by atoms with van der Waals surface area (Å²) in [5.41, 5.74) is 0.477. The Labute approximate surface area is 132 Å². The monoisotopic (exact) mass is 295 g/mol. The van der Waals surface area contributed by atoms with Crippen LogP contribution < -0.4 is 0 Å². The highest BCUT2D eigenvalue weighted by atomic mass is 16.5. The van der Waals surface area contributed by atoms with E-state index in [2.05, 4.69) is 39.5 Å². The van der Waals surface area contributed by atoms with E-state index in [0.717, 1.165) is 30.9 Å². The minimum atomic E-state index is 0.477. The van der Waals surface area contributed by atoms with Crippen LogP contribution in [0.15, 0.2) is 0 Å². The van der Waals surface area contributed by atoms with Gasteiger partial charge in [-0.25, -0.2) is 0 Å². The predicted molar refractivity (Wildman–Crippen MR) is 90.5 cm³/mol. The first-order chi connectivity index (χ1) is 9.84. The number of rotatable bonds is 4. The van der Waals surface area contributed by atoms with Crippen molar-refractivity contribution >= 4 is 0 Å². The maximum atomic E-state index is 6.18. The van der Waals surface area contributed by atoms with Crippen LogP contribution in [0.25, 0.3) is 0 Å². The molecule has 1 heterocycles. The van der Waals surface area contributed by atoms with Crippen LogP contribution in [0.1, 0.15) is 66.7 Å². The second kappa shape index (κ2) is 7.46. The fraction of sp³-hybridized carbons (Fsp3) is 1.00. The predicted octanol–water partition coefficient (Wildman–Crippen LogP) is 4.59. The standard InChI is InChI=1S/C19H37NO/c1-15-12-16(2)14-20(13-15)10-11-21-18-8-6-17(7-9-18)19(3,4)5/h15-18H,6-14H2,1-5H3. The van der Waals surface area contributed by atoms with E-state index in [-0.39, 0.29) is 0 Å². The highest BCUT2D eigenvalue weighted by molar-refractivity contribution is 4.81. The lowest BCUT2D eigenvalue weighted by Gasteiger charge is -2.38. The molecule has 0 N–H and O–H groups in total. The van der Waals surface area contributed by atoms with Crippen LogP contribution in [-0.2, 0) is 4.74 Å². The molecule has 2 rings (SSSR count). The number of nitrogens with zero attached hydrogens (tertiary/aromatic N) is 1. The molecule has 2 fully saturated rings. The van der Waals surface area contributed by atoms with E-state index in [1.54, 1.807) is 0 Å². The number of hydrogen-bond donors (Lipinski definition) is 0. The fourth-order valence-electron chi connectivity index (χ4n) is 4.42. The SMILES string of the molecule is CC1CC(C)CN(CCOC2CCC(C(C)(C)C)CC2)C1. The topological polar surface area (TPSA) is 12.5 Å². The minimum Gasteiger partial charge on any atom is -0.377 e. The maximum absolute atomic E-state index is 6.18. The summed E-state index contributed by atoms with van der Waals surface area (Å²) in [6.45, 7) is 16.5. The third-order valence-electron chi connectivity index (χ3n) is 5.60. The molecule has 2 aliphatic rings. The van der Waals surface area contributed by atoms with Gasteiger partial charge < -0.3 is 9.64 Å². The highest BCUT2D eigenvalue weighted by Gasteiger charge is 2.30. The van der Waals surface area contributed by atoms with Crippen molar-refractivity contribution in [1.29, 1.82) is 0 Å². The van der Waals surface area contributed by atoms with Crippen molar-refractivity contribution < 1.29 is 4.74 Å². The molecule has 2 heteroatoms. The summed E-state index contributed by atoms with van der Waals surface area (Å²) in [6, 6.07) is 0. The fourth-order valence-corrected chi connectivity index (χ4v) is 4.42. The molecule has 0 bridgehead atoms. The quantitative estimate of drug-likeness (QED) is 0.752. The summed E-state index contributed by atoms with van der Waals surface area (Å²) in [5.74, 6) is 2.60. The van der Waals surface area contributed by atoms with Gasteiger partial charge in [0.15, 0.2) is 0 Å². The largest absolute Gasteiger partial charge is 0.377 e. The van der Waals surface area contributed by atoms with Crippen LogP contribution in [0.3, 0.4) is 0 Å². The third-order valence-corrected chi connectivity index (χ3v) is 5.60. The first kappa shape index (κ1) is 17.3. The van der Waals surface area contributed by atoms with Crippen molar-refractivity contribution in [3.05, 3.63) is 0 Å². The number of likely N-dealkylation sites (tertiary alicyclic amines) is 1. The molecule has 1 aliphatic carbocycles. The van der Waals surface area contributed by atoms with Gasteiger partial charge in [0.2, 0.25) is 0 Å². The Morgan fingerprint density at radius 1 is 0.952 bits per heavy atom. The summed E-state index contributed by atoms with van der Waals surface area (Å²) >= 11 is 0. The molecule has 1 aliphatic heterocycles. The highest BCUT2D eigenvalue weighted by Crippen LogP contribution is 2.38. The Kier molecular flexibility index (Phi) is 6.14. The molecule has 0 aromatic carbocycles. The van der Waals surface area contributed by atoms with Gasteiger partial charge in [-0.2, -0.15) is 0 Å². The molecule has 2 unspecified atom stereocenters. The first-order valence-corrected chi connectivity index (χ1v) is 9.18. The zero-order chi connectivity index (χ0) is 15.5. The molecule has 2 nitrogen and oxygen atoms in total. The molecule has 1 saturated heterocycles. The Morgan fingerprint density at radius 3 is 2.05 bits per heavy atom. The normalized spacial score (nSPS) is 35.9. The van der Waals surface area contributed by atoms with E-state index in [0.29, 0.717) is 11.5 Å². The lowest BCUT2D eigenvalue weighted by Crippen LogP contribution is -2.41. The second-order valence-corrected chi connectivity index (χ2v) is 8.92. The smallest absolute Gasteiger partial charge is 0.0597 e. The molecule has 0 aromatic heterocycles. The number of ether oxygens (including phenoxy) is 1. The van der Waals surface area contributed by atoms with Gasteiger partial charge in [0, 0.05) is 19.6 Å². The van der Waals surface area contributed by atoms with Gasteiger partial charge in [0.1, 0.15) is 0 Å². The van der Waals surface area contributed by atoms with Crippen molar-refractivity contribution in [2.75, 3.05) is 26.2 Å². The Hall–Kier alpha value is -0.0800. The molecular weight excluding hydrogens is 258 g/mol. The van der Waals surface area contributed by atoms with E-state index < -0.39 is 0 Å². The van der Waals surface area contributed by atoms with Crippen molar-refractivity contribution in [2.45, 2.75) is 72.8 Å². The number of hydrogen-bond acceptors (Lipinski definition) is 2. The van der Waals surface area contributed by atoms with Gasteiger partial charge in [0.05, 0.1) is 12.7 Å². The minimum absolute atomic E-state index is 0.477. The van der Waals surface area contributed by atoms with Gasteiger partial charge in [-0.05, 0) is 55.3 Å². The van der Waals surface area contributed by atoms with Crippen molar-refractivity contribution in [3.8, 4) is 0 Å². The Morgan fingerprint density at radius 2 is 1.52 bits per heavy atom. The van der Waals surface area contributed by atoms with Crippen LogP contribution in [-0.4, -0.2) is 37.2 Å². The van der Waals surface area contributed by atoms with Crippen LogP contribution in [0.5, 0.6) is 0 Å². The summed E-state index contributed by atoms with van der Waals surface area (Å²) in [7, 11) is 0. The molecule has 21 heavy (non-hydrogen) atoms. The van der Waals surface area contributed by atoms with Gasteiger partial charge in [-0.15, -0.1) is 0 Å². The maximum Gasteiger partial charge on any atom is 0.0597 e. The van der Waals surface area contributed by atoms with Crippen molar-refractivity contribution in [1.82, 2.24) is 4.90 Å². The van der Waals surface area contributed by atoms with Crippen LogP contribution >= 0.6 is 0 Å². The van der Waals surface area contributed by atoms with Crippen molar-refractivity contribution in [2.24, 2.45) is 23.2 Å². The summed E-state index contributed by atoms with van der Waals surface area (Å²) in [6.07, 6.45) is 7.18. The van der Waals surface area contributed by atoms with Crippen LogP contribution in [0, 0.1) is 23.2 Å². The third kappa shape index (κ3) is 5.56. The van der Waals surface area contributed by atoms with Gasteiger partial charge in [-0.1, -0.05) is 34.6 Å². The lowest BCUT2D eigenvalue weighted by molar-refractivity contribution is -0.0105. The molecule has 0 amide bonds. The number of piperidine rings is 1. The molecule has 124 valence electrons. The van der Waals surface area contributed by atoms with Crippen molar-refractivity contribution in [3.63, 3.8) is 0 Å². The van der Waals surface area contributed by atoms with Crippen LogP contribution in [0.2, 0.25) is 0 Å². The lowest BCUT2D eigenvalue weighted by atomic mass is 9.72.